The lowest BCUT2D eigenvalue weighted by Gasteiger charge is -2.17. The number of para-hydroxylation sites is 1. The van der Waals surface area contributed by atoms with E-state index in [9.17, 15) is 19.7 Å². The molecule has 0 aromatic heterocycles. The van der Waals surface area contributed by atoms with Gasteiger partial charge in [0.05, 0.1) is 11.0 Å². The second-order valence-corrected chi connectivity index (χ2v) is 5.99. The highest BCUT2D eigenvalue weighted by molar-refractivity contribution is 6.00. The van der Waals surface area contributed by atoms with Crippen LogP contribution in [0.3, 0.4) is 0 Å². The van der Waals surface area contributed by atoms with E-state index in [4.69, 9.17) is 0 Å². The van der Waals surface area contributed by atoms with Crippen molar-refractivity contribution in [3.63, 3.8) is 0 Å². The molecule has 0 bridgehead atoms. The summed E-state index contributed by atoms with van der Waals surface area (Å²) >= 11 is 0. The lowest BCUT2D eigenvalue weighted by molar-refractivity contribution is -0.385. The average molecular weight is 339 g/mol. The van der Waals surface area contributed by atoms with Crippen LogP contribution in [0.1, 0.15) is 22.3 Å². The molecular weight excluding hydrogens is 322 g/mol. The van der Waals surface area contributed by atoms with Gasteiger partial charge >= 0.3 is 0 Å². The highest BCUT2D eigenvalue weighted by atomic mass is 16.6. The van der Waals surface area contributed by atoms with Crippen LogP contribution in [0.5, 0.6) is 0 Å². The summed E-state index contributed by atoms with van der Waals surface area (Å²) in [6.45, 7) is 2.31. The number of hydrogen-bond acceptors (Lipinski definition) is 4. The van der Waals surface area contributed by atoms with Gasteiger partial charge in [-0.05, 0) is 25.1 Å². The lowest BCUT2D eigenvalue weighted by atomic mass is 10.1. The zero-order valence-corrected chi connectivity index (χ0v) is 13.6. The largest absolute Gasteiger partial charge is 0.347 e. The summed E-state index contributed by atoms with van der Waals surface area (Å²) in [4.78, 5) is 36.7. The molecule has 3 rings (SSSR count). The van der Waals surface area contributed by atoms with E-state index in [0.29, 0.717) is 6.54 Å². The Balaban J connectivity index is 1.72. The van der Waals surface area contributed by atoms with E-state index < -0.39 is 10.8 Å². The van der Waals surface area contributed by atoms with Gasteiger partial charge in [-0.25, -0.2) is 0 Å². The van der Waals surface area contributed by atoms with Gasteiger partial charge in [-0.15, -0.1) is 0 Å². The fraction of sp³-hybridized carbons (Fsp3) is 0.222. The molecule has 2 aromatic carbocycles. The number of rotatable bonds is 4. The van der Waals surface area contributed by atoms with Crippen LogP contribution in [0, 0.1) is 17.0 Å². The molecule has 1 saturated heterocycles. The molecule has 7 nitrogen and oxygen atoms in total. The van der Waals surface area contributed by atoms with Crippen molar-refractivity contribution in [3.8, 4) is 0 Å². The molecule has 128 valence electrons. The first-order chi connectivity index (χ1) is 12.0. The van der Waals surface area contributed by atoms with Gasteiger partial charge in [0, 0.05) is 24.7 Å². The minimum absolute atomic E-state index is 0.00580. The van der Waals surface area contributed by atoms with E-state index in [1.807, 2.05) is 31.2 Å². The lowest BCUT2D eigenvalue weighted by Crippen LogP contribution is -2.37. The van der Waals surface area contributed by atoms with Crippen molar-refractivity contribution in [2.45, 2.75) is 19.4 Å². The van der Waals surface area contributed by atoms with Crippen LogP contribution in [0.2, 0.25) is 0 Å². The minimum Gasteiger partial charge on any atom is -0.347 e. The van der Waals surface area contributed by atoms with Gasteiger partial charge in [0.15, 0.2) is 0 Å². The smallest absolute Gasteiger partial charge is 0.282 e. The normalized spacial score (nSPS) is 16.8. The Kier molecular flexibility index (Phi) is 4.47. The van der Waals surface area contributed by atoms with Crippen LogP contribution in [0.25, 0.3) is 0 Å². The monoisotopic (exact) mass is 339 g/mol. The maximum Gasteiger partial charge on any atom is 0.282 e. The molecule has 0 saturated carbocycles. The summed E-state index contributed by atoms with van der Waals surface area (Å²) in [6, 6.07) is 12.9. The number of aryl methyl sites for hydroxylation is 1. The predicted molar refractivity (Wildman–Crippen MR) is 92.5 cm³/mol. The van der Waals surface area contributed by atoms with Crippen LogP contribution in [0.15, 0.2) is 48.5 Å². The number of benzene rings is 2. The molecule has 2 aromatic rings. The third-order valence-electron chi connectivity index (χ3n) is 4.15. The van der Waals surface area contributed by atoms with E-state index in [0.717, 1.165) is 11.3 Å². The summed E-state index contributed by atoms with van der Waals surface area (Å²) < 4.78 is 0. The molecule has 1 fully saturated rings. The molecule has 0 aliphatic carbocycles. The van der Waals surface area contributed by atoms with Crippen LogP contribution >= 0.6 is 0 Å². The van der Waals surface area contributed by atoms with Gasteiger partial charge in [0.2, 0.25) is 5.91 Å². The standard InChI is InChI=1S/C18H17N3O4/c1-12-6-8-14(9-7-12)20-11-13(10-17(20)22)19-18(23)15-4-2-3-5-16(15)21(24)25/h2-9,13H,10-11H2,1H3,(H,19,23)/t13-/m0/s1. The zero-order chi connectivity index (χ0) is 18.0. The highest BCUT2D eigenvalue weighted by Gasteiger charge is 2.32. The van der Waals surface area contributed by atoms with E-state index in [-0.39, 0.29) is 29.6 Å². The van der Waals surface area contributed by atoms with Gasteiger partial charge in [-0.3, -0.25) is 19.7 Å². The fourth-order valence-corrected chi connectivity index (χ4v) is 2.87. The molecule has 1 atom stereocenters. The number of nitrogens with zero attached hydrogens (tertiary/aromatic N) is 2. The Morgan fingerprint density at radius 2 is 1.88 bits per heavy atom. The molecule has 1 N–H and O–H groups in total. The summed E-state index contributed by atoms with van der Waals surface area (Å²) in [5, 5.41) is 13.8. The molecule has 0 spiro atoms. The number of nitrogens with one attached hydrogen (secondary N) is 1. The number of nitro groups is 1. The summed E-state index contributed by atoms with van der Waals surface area (Å²) in [6.07, 6.45) is 0.167. The van der Waals surface area contributed by atoms with Crippen LogP contribution < -0.4 is 10.2 Å². The van der Waals surface area contributed by atoms with E-state index in [2.05, 4.69) is 5.32 Å². The van der Waals surface area contributed by atoms with Gasteiger partial charge < -0.3 is 10.2 Å². The topological polar surface area (TPSA) is 92.6 Å². The quantitative estimate of drug-likeness (QED) is 0.684. The molecule has 1 aliphatic heterocycles. The maximum atomic E-state index is 12.4. The van der Waals surface area contributed by atoms with Crippen LogP contribution in [-0.4, -0.2) is 29.3 Å². The number of carbonyl (C=O) groups is 2. The second kappa shape index (κ2) is 6.72. The first-order valence-corrected chi connectivity index (χ1v) is 7.87. The first-order valence-electron chi connectivity index (χ1n) is 7.87. The van der Waals surface area contributed by atoms with Crippen LogP contribution in [0.4, 0.5) is 11.4 Å². The Labute approximate surface area is 144 Å². The highest BCUT2D eigenvalue weighted by Crippen LogP contribution is 2.23. The van der Waals surface area contributed by atoms with Gasteiger partial charge in [0.25, 0.3) is 11.6 Å². The molecule has 1 heterocycles. The Morgan fingerprint density at radius 1 is 1.20 bits per heavy atom. The summed E-state index contributed by atoms with van der Waals surface area (Å²) in [5.41, 5.74) is 1.61. The molecule has 0 radical (unpaired) electrons. The molecule has 0 unspecified atom stereocenters. The van der Waals surface area contributed by atoms with E-state index >= 15 is 0 Å². The van der Waals surface area contributed by atoms with Gasteiger partial charge in [-0.2, -0.15) is 0 Å². The van der Waals surface area contributed by atoms with Gasteiger partial charge in [-0.1, -0.05) is 29.8 Å². The van der Waals surface area contributed by atoms with Crippen molar-refractivity contribution in [2.24, 2.45) is 0 Å². The third kappa shape index (κ3) is 3.50. The zero-order valence-electron chi connectivity index (χ0n) is 13.6. The number of carbonyl (C=O) groups excluding carboxylic acids is 2. The molecule has 25 heavy (non-hydrogen) atoms. The van der Waals surface area contributed by atoms with E-state index in [1.165, 1.54) is 18.2 Å². The van der Waals surface area contributed by atoms with Crippen molar-refractivity contribution in [2.75, 3.05) is 11.4 Å². The average Bonchev–Trinajstić information content (AvgIpc) is 2.95. The van der Waals surface area contributed by atoms with Crippen molar-refractivity contribution in [1.29, 1.82) is 0 Å². The molecule has 1 aliphatic rings. The number of amides is 2. The number of anilines is 1. The van der Waals surface area contributed by atoms with Crippen molar-refractivity contribution < 1.29 is 14.5 Å². The SMILES string of the molecule is Cc1ccc(N2C[C@@H](NC(=O)c3ccccc3[N+](=O)[O-])CC2=O)cc1. The van der Waals surface area contributed by atoms with Gasteiger partial charge in [0.1, 0.15) is 5.56 Å². The van der Waals surface area contributed by atoms with Crippen LogP contribution in [-0.2, 0) is 4.79 Å². The maximum absolute atomic E-state index is 12.4. The Hall–Kier alpha value is -3.22. The molecular formula is C18H17N3O4. The first kappa shape index (κ1) is 16.6. The third-order valence-corrected chi connectivity index (χ3v) is 4.15. The molecule has 7 heteroatoms. The number of hydrogen-bond donors (Lipinski definition) is 1. The summed E-state index contributed by atoms with van der Waals surface area (Å²) in [7, 11) is 0. The minimum atomic E-state index is -0.590. The molecule has 2 amide bonds. The predicted octanol–water partition coefficient (Wildman–Crippen LogP) is 2.44. The van der Waals surface area contributed by atoms with Crippen molar-refractivity contribution in [3.05, 3.63) is 69.8 Å². The number of nitro benzene ring substituents is 1. The fourth-order valence-electron chi connectivity index (χ4n) is 2.87. The summed E-state index contributed by atoms with van der Waals surface area (Å²) in [5.74, 6) is -0.632. The Bertz CT molecular complexity index is 832. The van der Waals surface area contributed by atoms with Crippen molar-refractivity contribution >= 4 is 23.2 Å². The van der Waals surface area contributed by atoms with Crippen molar-refractivity contribution in [1.82, 2.24) is 5.32 Å². The van der Waals surface area contributed by atoms with E-state index in [1.54, 1.807) is 11.0 Å². The second-order valence-electron chi connectivity index (χ2n) is 5.99. The Morgan fingerprint density at radius 3 is 2.56 bits per heavy atom.